The molecule has 1 atom stereocenters. The van der Waals surface area contributed by atoms with Crippen LogP contribution in [0.5, 0.6) is 0 Å². The summed E-state index contributed by atoms with van der Waals surface area (Å²) in [7, 11) is 0. The van der Waals surface area contributed by atoms with Gasteiger partial charge in [0.25, 0.3) is 11.5 Å². The van der Waals surface area contributed by atoms with E-state index in [1.807, 2.05) is 78.5 Å². The van der Waals surface area contributed by atoms with Gasteiger partial charge in [-0.15, -0.1) is 11.3 Å². The van der Waals surface area contributed by atoms with Crippen molar-refractivity contribution < 1.29 is 4.79 Å². The third-order valence-electron chi connectivity index (χ3n) is 5.44. The summed E-state index contributed by atoms with van der Waals surface area (Å²) in [5.41, 5.74) is 2.46. The zero-order valence-corrected chi connectivity index (χ0v) is 19.7. The average Bonchev–Trinajstić information content (AvgIpc) is 3.55. The van der Waals surface area contributed by atoms with Crippen LogP contribution in [0.15, 0.2) is 81.2 Å². The standard InChI is InChI=1S/C24H21N5O2S2/c1-3-28-17(11-12-25-28)14-19-23(31)29-21(18-10-7-13-32-18)20(15(2)26-24(29)33-19)22(30)27-16-8-5-4-6-9-16/h4-14,21H,3H2,1-2H3,(H,27,30). The minimum Gasteiger partial charge on any atom is -0.322 e. The highest BCUT2D eigenvalue weighted by molar-refractivity contribution is 7.10. The van der Waals surface area contributed by atoms with Gasteiger partial charge in [0.15, 0.2) is 4.80 Å². The quantitative estimate of drug-likeness (QED) is 0.482. The number of allylic oxidation sites excluding steroid dienone is 1. The van der Waals surface area contributed by atoms with Gasteiger partial charge in [-0.05, 0) is 49.6 Å². The normalized spacial score (nSPS) is 15.9. The van der Waals surface area contributed by atoms with Crippen molar-refractivity contribution in [2.75, 3.05) is 5.32 Å². The van der Waals surface area contributed by atoms with Gasteiger partial charge in [0.05, 0.1) is 21.5 Å². The Hall–Kier alpha value is -3.56. The van der Waals surface area contributed by atoms with Crippen molar-refractivity contribution in [3.8, 4) is 0 Å². The summed E-state index contributed by atoms with van der Waals surface area (Å²) >= 11 is 2.84. The first-order valence-corrected chi connectivity index (χ1v) is 12.2. The zero-order chi connectivity index (χ0) is 22.9. The fraction of sp³-hybridized carbons (Fsp3) is 0.167. The van der Waals surface area contributed by atoms with Crippen LogP contribution in [-0.4, -0.2) is 20.3 Å². The van der Waals surface area contributed by atoms with Crippen LogP contribution in [0.1, 0.15) is 30.5 Å². The molecule has 0 aliphatic carbocycles. The monoisotopic (exact) mass is 475 g/mol. The Morgan fingerprint density at radius 2 is 2.00 bits per heavy atom. The maximum Gasteiger partial charge on any atom is 0.271 e. The molecule has 1 aliphatic heterocycles. The van der Waals surface area contributed by atoms with Crippen LogP contribution in [0, 0.1) is 0 Å². The SMILES string of the molecule is CCn1nccc1C=c1sc2n(c1=O)C(c1cccs1)C(C(=O)Nc1ccccc1)=C(C)N=2. The number of hydrogen-bond donors (Lipinski definition) is 1. The topological polar surface area (TPSA) is 81.3 Å². The summed E-state index contributed by atoms with van der Waals surface area (Å²) in [5.74, 6) is -0.265. The van der Waals surface area contributed by atoms with Gasteiger partial charge in [-0.1, -0.05) is 35.6 Å². The first-order chi connectivity index (χ1) is 16.1. The van der Waals surface area contributed by atoms with E-state index in [1.54, 1.807) is 10.8 Å². The molecule has 1 unspecified atom stereocenters. The van der Waals surface area contributed by atoms with Crippen LogP contribution < -0.4 is 20.2 Å². The van der Waals surface area contributed by atoms with E-state index in [0.717, 1.165) is 10.6 Å². The summed E-state index contributed by atoms with van der Waals surface area (Å²) in [4.78, 5) is 33.1. The lowest BCUT2D eigenvalue weighted by atomic mass is 10.0. The van der Waals surface area contributed by atoms with Crippen LogP contribution in [0.2, 0.25) is 0 Å². The number of hydrogen-bond acceptors (Lipinski definition) is 6. The number of aromatic nitrogens is 3. The summed E-state index contributed by atoms with van der Waals surface area (Å²) in [5, 5.41) is 9.19. The van der Waals surface area contributed by atoms with Gasteiger partial charge in [0, 0.05) is 23.3 Å². The average molecular weight is 476 g/mol. The number of thiazole rings is 1. The predicted octanol–water partition coefficient (Wildman–Crippen LogP) is 3.15. The fourth-order valence-corrected chi connectivity index (χ4v) is 5.77. The molecule has 0 radical (unpaired) electrons. The smallest absolute Gasteiger partial charge is 0.271 e. The molecule has 33 heavy (non-hydrogen) atoms. The molecule has 1 N–H and O–H groups in total. The highest BCUT2D eigenvalue weighted by atomic mass is 32.1. The van der Waals surface area contributed by atoms with Gasteiger partial charge in [-0.2, -0.15) is 5.10 Å². The number of benzene rings is 1. The second kappa shape index (κ2) is 8.76. The van der Waals surface area contributed by atoms with Gasteiger partial charge in [-0.25, -0.2) is 4.99 Å². The van der Waals surface area contributed by atoms with Crippen molar-refractivity contribution in [3.05, 3.63) is 102 Å². The highest BCUT2D eigenvalue weighted by Crippen LogP contribution is 2.33. The van der Waals surface area contributed by atoms with Crippen molar-refractivity contribution in [1.82, 2.24) is 14.3 Å². The Bertz CT molecular complexity index is 1530. The lowest BCUT2D eigenvalue weighted by Crippen LogP contribution is -2.40. The Morgan fingerprint density at radius 1 is 1.18 bits per heavy atom. The minimum absolute atomic E-state index is 0.168. The number of thiophene rings is 1. The molecule has 4 aromatic rings. The number of para-hydroxylation sites is 1. The number of amides is 1. The Labute approximate surface area is 197 Å². The highest BCUT2D eigenvalue weighted by Gasteiger charge is 2.33. The van der Waals surface area contributed by atoms with Gasteiger partial charge < -0.3 is 5.32 Å². The number of fused-ring (bicyclic) bond motifs is 1. The van der Waals surface area contributed by atoms with E-state index in [4.69, 9.17) is 0 Å². The summed E-state index contributed by atoms with van der Waals surface area (Å²) in [6.45, 7) is 4.53. The van der Waals surface area contributed by atoms with Crippen molar-refractivity contribution in [2.45, 2.75) is 26.4 Å². The predicted molar refractivity (Wildman–Crippen MR) is 131 cm³/mol. The molecular formula is C24H21N5O2S2. The molecule has 0 bridgehead atoms. The van der Waals surface area contributed by atoms with Crippen molar-refractivity contribution >= 4 is 40.3 Å². The number of anilines is 1. The van der Waals surface area contributed by atoms with Crippen LogP contribution in [0.4, 0.5) is 5.69 Å². The molecule has 1 aromatic carbocycles. The second-order valence-electron chi connectivity index (χ2n) is 7.49. The molecule has 166 valence electrons. The van der Waals surface area contributed by atoms with Crippen LogP contribution in [0.25, 0.3) is 6.08 Å². The van der Waals surface area contributed by atoms with E-state index in [2.05, 4.69) is 15.4 Å². The van der Waals surface area contributed by atoms with E-state index in [9.17, 15) is 9.59 Å². The fourth-order valence-electron chi connectivity index (χ4n) is 3.91. The maximum atomic E-state index is 13.6. The van der Waals surface area contributed by atoms with Gasteiger partial charge >= 0.3 is 0 Å². The number of carbonyl (C=O) groups excluding carboxylic acids is 1. The third kappa shape index (κ3) is 3.90. The van der Waals surface area contributed by atoms with E-state index >= 15 is 0 Å². The second-order valence-corrected chi connectivity index (χ2v) is 9.48. The largest absolute Gasteiger partial charge is 0.322 e. The van der Waals surface area contributed by atoms with Gasteiger partial charge in [0.1, 0.15) is 6.04 Å². The van der Waals surface area contributed by atoms with Crippen LogP contribution in [0.3, 0.4) is 0 Å². The van der Waals surface area contributed by atoms with E-state index in [1.165, 1.54) is 22.7 Å². The number of nitrogens with zero attached hydrogens (tertiary/aromatic N) is 4. The third-order valence-corrected chi connectivity index (χ3v) is 7.35. The molecule has 7 nitrogen and oxygen atoms in total. The Balaban J connectivity index is 1.66. The summed E-state index contributed by atoms with van der Waals surface area (Å²) < 4.78 is 4.03. The zero-order valence-electron chi connectivity index (χ0n) is 18.1. The molecule has 3 aromatic heterocycles. The first kappa shape index (κ1) is 21.3. The van der Waals surface area contributed by atoms with Gasteiger partial charge in [-0.3, -0.25) is 18.8 Å². The summed E-state index contributed by atoms with van der Waals surface area (Å²) in [6.07, 6.45) is 3.56. The molecule has 1 aliphatic rings. The van der Waals surface area contributed by atoms with E-state index in [-0.39, 0.29) is 11.5 Å². The number of rotatable bonds is 5. The van der Waals surface area contributed by atoms with Crippen molar-refractivity contribution in [3.63, 3.8) is 0 Å². The maximum absolute atomic E-state index is 13.6. The van der Waals surface area contributed by atoms with Crippen LogP contribution in [-0.2, 0) is 11.3 Å². The molecule has 0 spiro atoms. The molecule has 4 heterocycles. The molecular weight excluding hydrogens is 454 g/mol. The van der Waals surface area contributed by atoms with Crippen molar-refractivity contribution in [2.24, 2.45) is 4.99 Å². The first-order valence-electron chi connectivity index (χ1n) is 10.5. The van der Waals surface area contributed by atoms with Crippen molar-refractivity contribution in [1.29, 1.82) is 0 Å². The number of aryl methyl sites for hydroxylation is 1. The molecule has 0 saturated heterocycles. The molecule has 1 amide bonds. The molecule has 0 saturated carbocycles. The summed E-state index contributed by atoms with van der Waals surface area (Å²) in [6, 6.07) is 14.5. The minimum atomic E-state index is -0.539. The Kier molecular flexibility index (Phi) is 5.65. The molecule has 5 rings (SSSR count). The number of nitrogens with one attached hydrogen (secondary N) is 1. The van der Waals surface area contributed by atoms with Gasteiger partial charge in [0.2, 0.25) is 0 Å². The van der Waals surface area contributed by atoms with E-state index < -0.39 is 6.04 Å². The van der Waals surface area contributed by atoms with E-state index in [0.29, 0.717) is 32.8 Å². The lowest BCUT2D eigenvalue weighted by molar-refractivity contribution is -0.113. The Morgan fingerprint density at radius 3 is 2.73 bits per heavy atom. The lowest BCUT2D eigenvalue weighted by Gasteiger charge is -2.24. The molecule has 0 fully saturated rings. The van der Waals surface area contributed by atoms with Crippen LogP contribution >= 0.6 is 22.7 Å². The molecule has 9 heteroatoms. The number of carbonyl (C=O) groups is 1.